The highest BCUT2D eigenvalue weighted by Gasteiger charge is 2.05. The summed E-state index contributed by atoms with van der Waals surface area (Å²) in [7, 11) is 0. The van der Waals surface area contributed by atoms with Crippen LogP contribution in [-0.2, 0) is 0 Å². The average Bonchev–Trinajstić information content (AvgIpc) is 2.28. The van der Waals surface area contributed by atoms with E-state index in [4.69, 9.17) is 5.26 Å². The van der Waals surface area contributed by atoms with Gasteiger partial charge in [0.15, 0.2) is 0 Å². The number of pyridine rings is 1. The van der Waals surface area contributed by atoms with Crippen LogP contribution in [0.1, 0.15) is 29.6 Å². The Bertz CT molecular complexity index is 400. The number of nitrogens with one attached hydrogen (secondary N) is 1. The van der Waals surface area contributed by atoms with Crippen molar-refractivity contribution in [2.24, 2.45) is 0 Å². The van der Waals surface area contributed by atoms with Crippen molar-refractivity contribution >= 4 is 5.91 Å². The van der Waals surface area contributed by atoms with Crippen LogP contribution < -0.4 is 5.32 Å². The second kappa shape index (κ2) is 6.51. The molecule has 1 N–H and O–H groups in total. The topological polar surface area (TPSA) is 65.8 Å². The molecule has 0 radical (unpaired) electrons. The smallest absolute Gasteiger partial charge is 0.252 e. The van der Waals surface area contributed by atoms with Crippen LogP contribution in [0.3, 0.4) is 0 Å². The van der Waals surface area contributed by atoms with Gasteiger partial charge in [0.25, 0.3) is 5.91 Å². The molecule has 0 spiro atoms. The van der Waals surface area contributed by atoms with E-state index >= 15 is 0 Å². The first-order valence-corrected chi connectivity index (χ1v) is 4.99. The lowest BCUT2D eigenvalue weighted by atomic mass is 10.2. The van der Waals surface area contributed by atoms with E-state index in [1.807, 2.05) is 6.07 Å². The van der Waals surface area contributed by atoms with Crippen LogP contribution in [0, 0.1) is 17.1 Å². The molecule has 5 heteroatoms. The van der Waals surface area contributed by atoms with Crippen molar-refractivity contribution in [2.45, 2.75) is 19.3 Å². The lowest BCUT2D eigenvalue weighted by Crippen LogP contribution is -2.24. The van der Waals surface area contributed by atoms with E-state index < -0.39 is 5.82 Å². The predicted molar refractivity (Wildman–Crippen MR) is 56.0 cm³/mol. The number of nitrogens with zero attached hydrogens (tertiary/aromatic N) is 2. The molecular weight excluding hydrogens is 209 g/mol. The van der Waals surface area contributed by atoms with Crippen LogP contribution in [0.4, 0.5) is 4.39 Å². The van der Waals surface area contributed by atoms with E-state index in [9.17, 15) is 9.18 Å². The van der Waals surface area contributed by atoms with Gasteiger partial charge in [0.2, 0.25) is 0 Å². The van der Waals surface area contributed by atoms with Gasteiger partial charge in [-0.25, -0.2) is 4.39 Å². The number of unbranched alkanes of at least 4 members (excludes halogenated alkanes) is 2. The first-order chi connectivity index (χ1) is 7.74. The van der Waals surface area contributed by atoms with E-state index in [1.54, 1.807) is 0 Å². The second-order valence-corrected chi connectivity index (χ2v) is 3.26. The second-order valence-electron chi connectivity index (χ2n) is 3.26. The molecule has 1 amide bonds. The van der Waals surface area contributed by atoms with E-state index in [0.717, 1.165) is 25.1 Å². The van der Waals surface area contributed by atoms with E-state index in [0.29, 0.717) is 13.0 Å². The predicted octanol–water partition coefficient (Wildman–Crippen LogP) is 1.64. The Morgan fingerprint density at radius 2 is 2.31 bits per heavy atom. The number of amides is 1. The summed E-state index contributed by atoms with van der Waals surface area (Å²) in [6, 6.07) is 3.16. The third-order valence-corrected chi connectivity index (χ3v) is 1.97. The number of rotatable bonds is 5. The molecule has 84 valence electrons. The SMILES string of the molecule is N#CCCCCNC(=O)c1cncc(F)c1. The first-order valence-electron chi connectivity index (χ1n) is 4.99. The zero-order valence-corrected chi connectivity index (χ0v) is 8.74. The van der Waals surface area contributed by atoms with Gasteiger partial charge in [0.05, 0.1) is 17.8 Å². The molecule has 0 aliphatic rings. The van der Waals surface area contributed by atoms with Crippen LogP contribution in [0.25, 0.3) is 0 Å². The summed E-state index contributed by atoms with van der Waals surface area (Å²) >= 11 is 0. The molecule has 0 atom stereocenters. The van der Waals surface area contributed by atoms with Crippen molar-refractivity contribution in [3.63, 3.8) is 0 Å². The largest absolute Gasteiger partial charge is 0.352 e. The lowest BCUT2D eigenvalue weighted by Gasteiger charge is -2.03. The third-order valence-electron chi connectivity index (χ3n) is 1.97. The summed E-state index contributed by atoms with van der Waals surface area (Å²) in [5, 5.41) is 10.9. The Balaban J connectivity index is 2.33. The van der Waals surface area contributed by atoms with Crippen molar-refractivity contribution < 1.29 is 9.18 Å². The summed E-state index contributed by atoms with van der Waals surface area (Å²) in [5.74, 6) is -0.874. The number of carbonyl (C=O) groups is 1. The average molecular weight is 221 g/mol. The molecule has 0 fully saturated rings. The van der Waals surface area contributed by atoms with Crippen LogP contribution in [0.2, 0.25) is 0 Å². The minimum absolute atomic E-state index is 0.209. The summed E-state index contributed by atoms with van der Waals surface area (Å²) < 4.78 is 12.7. The number of halogens is 1. The molecule has 1 heterocycles. The maximum atomic E-state index is 12.7. The summed E-state index contributed by atoms with van der Waals surface area (Å²) in [6.45, 7) is 0.483. The van der Waals surface area contributed by atoms with Gasteiger partial charge in [-0.2, -0.15) is 5.26 Å². The monoisotopic (exact) mass is 221 g/mol. The molecule has 4 nitrogen and oxygen atoms in total. The normalized spacial score (nSPS) is 9.50. The quantitative estimate of drug-likeness (QED) is 0.769. The maximum Gasteiger partial charge on any atom is 0.252 e. The summed E-state index contributed by atoms with van der Waals surface area (Å²) in [4.78, 5) is 15.0. The van der Waals surface area contributed by atoms with Crippen molar-refractivity contribution in [1.82, 2.24) is 10.3 Å². The molecule has 0 saturated carbocycles. The fourth-order valence-corrected chi connectivity index (χ4v) is 1.17. The number of hydrogen-bond acceptors (Lipinski definition) is 3. The van der Waals surface area contributed by atoms with Gasteiger partial charge < -0.3 is 5.32 Å². The molecule has 1 rings (SSSR count). The number of hydrogen-bond donors (Lipinski definition) is 1. The summed E-state index contributed by atoms with van der Waals surface area (Å²) in [5.41, 5.74) is 0.209. The first kappa shape index (κ1) is 12.1. The molecule has 0 saturated heterocycles. The van der Waals surface area contributed by atoms with Crippen LogP contribution in [-0.4, -0.2) is 17.4 Å². The van der Waals surface area contributed by atoms with Gasteiger partial charge in [-0.05, 0) is 18.9 Å². The molecule has 0 bridgehead atoms. The van der Waals surface area contributed by atoms with Gasteiger partial charge in [-0.1, -0.05) is 0 Å². The molecule has 1 aromatic rings. The molecule has 16 heavy (non-hydrogen) atoms. The Morgan fingerprint density at radius 1 is 1.50 bits per heavy atom. The van der Waals surface area contributed by atoms with Crippen LogP contribution >= 0.6 is 0 Å². The molecule has 1 aromatic heterocycles. The molecular formula is C11H12FN3O. The van der Waals surface area contributed by atoms with E-state index in [2.05, 4.69) is 10.3 Å². The Morgan fingerprint density at radius 3 is 3.00 bits per heavy atom. The molecule has 0 aliphatic carbocycles. The van der Waals surface area contributed by atoms with E-state index in [1.165, 1.54) is 6.20 Å². The highest BCUT2D eigenvalue weighted by molar-refractivity contribution is 5.93. The van der Waals surface area contributed by atoms with E-state index in [-0.39, 0.29) is 11.5 Å². The zero-order chi connectivity index (χ0) is 11.8. The Labute approximate surface area is 93.1 Å². The fourth-order valence-electron chi connectivity index (χ4n) is 1.17. The molecule has 0 aromatic carbocycles. The highest BCUT2D eigenvalue weighted by Crippen LogP contribution is 2.00. The Kier molecular flexibility index (Phi) is 4.93. The van der Waals surface area contributed by atoms with Crippen LogP contribution in [0.15, 0.2) is 18.5 Å². The van der Waals surface area contributed by atoms with Crippen molar-refractivity contribution in [2.75, 3.05) is 6.54 Å². The standard InChI is InChI=1S/C11H12FN3O/c12-10-6-9(7-14-8-10)11(16)15-5-3-1-2-4-13/h6-8H,1-3,5H2,(H,15,16). The zero-order valence-electron chi connectivity index (χ0n) is 8.74. The lowest BCUT2D eigenvalue weighted by molar-refractivity contribution is 0.0952. The van der Waals surface area contributed by atoms with Gasteiger partial charge in [-0.3, -0.25) is 9.78 Å². The van der Waals surface area contributed by atoms with Crippen molar-refractivity contribution in [3.05, 3.63) is 29.8 Å². The fraction of sp³-hybridized carbons (Fsp3) is 0.364. The number of aromatic nitrogens is 1. The highest BCUT2D eigenvalue weighted by atomic mass is 19.1. The number of carbonyl (C=O) groups excluding carboxylic acids is 1. The number of nitriles is 1. The minimum Gasteiger partial charge on any atom is -0.352 e. The third kappa shape index (κ3) is 4.05. The van der Waals surface area contributed by atoms with Crippen molar-refractivity contribution in [1.29, 1.82) is 5.26 Å². The minimum atomic E-state index is -0.530. The van der Waals surface area contributed by atoms with Gasteiger partial charge in [0, 0.05) is 19.2 Å². The van der Waals surface area contributed by atoms with Gasteiger partial charge >= 0.3 is 0 Å². The van der Waals surface area contributed by atoms with Crippen LogP contribution in [0.5, 0.6) is 0 Å². The Hall–Kier alpha value is -1.96. The van der Waals surface area contributed by atoms with Crippen molar-refractivity contribution in [3.8, 4) is 6.07 Å². The summed E-state index contributed by atoms with van der Waals surface area (Å²) in [6.07, 6.45) is 4.33. The maximum absolute atomic E-state index is 12.7. The van der Waals surface area contributed by atoms with Gasteiger partial charge in [0.1, 0.15) is 5.82 Å². The molecule has 0 unspecified atom stereocenters. The molecule has 0 aliphatic heterocycles. The van der Waals surface area contributed by atoms with Gasteiger partial charge in [-0.15, -0.1) is 0 Å².